The Morgan fingerprint density at radius 2 is 2.38 bits per heavy atom. The summed E-state index contributed by atoms with van der Waals surface area (Å²) in [4.78, 5) is 0. The molecule has 0 aliphatic carbocycles. The third-order valence-electron chi connectivity index (χ3n) is 1.10. The first kappa shape index (κ1) is 6.94. The van der Waals surface area contributed by atoms with E-state index in [1.54, 1.807) is 0 Å². The van der Waals surface area contributed by atoms with Crippen molar-refractivity contribution in [1.29, 1.82) is 0 Å². The van der Waals surface area contributed by atoms with Crippen LogP contribution in [0.1, 0.15) is 0 Å². The summed E-state index contributed by atoms with van der Waals surface area (Å²) in [6, 6.07) is 0. The first-order valence-electron chi connectivity index (χ1n) is 2.07. The number of hydrogen-bond acceptors (Lipinski definition) is 4. The van der Waals surface area contributed by atoms with Crippen molar-refractivity contribution in [3.8, 4) is 0 Å². The molecule has 8 heavy (non-hydrogen) atoms. The molecule has 0 radical (unpaired) electrons. The molecule has 2 rings (SSSR count). The van der Waals surface area contributed by atoms with Crippen molar-refractivity contribution in [1.82, 2.24) is 0 Å². The van der Waals surface area contributed by atoms with Gasteiger partial charge in [0.05, 0.1) is 0 Å². The topological polar surface area (TPSA) is 0 Å². The van der Waals surface area contributed by atoms with Gasteiger partial charge in [-0.1, -0.05) is 21.2 Å². The van der Waals surface area contributed by atoms with Crippen LogP contribution in [0.5, 0.6) is 0 Å². The van der Waals surface area contributed by atoms with Crippen LogP contribution < -0.4 is 0 Å². The molecule has 0 aromatic carbocycles. The minimum absolute atomic E-state index is 0.145. The average Bonchev–Trinajstić information content (AvgIpc) is 1.64. The van der Waals surface area contributed by atoms with E-state index in [0.29, 0.717) is 3.82 Å². The van der Waals surface area contributed by atoms with Gasteiger partial charge in [-0.15, -0.1) is 12.2 Å². The van der Waals surface area contributed by atoms with E-state index < -0.39 is 0 Å². The molecule has 2 fully saturated rings. The summed E-state index contributed by atoms with van der Waals surface area (Å²) in [6.07, 6.45) is 1.28. The normalized spacial score (nSPS) is 60.8. The Morgan fingerprint density at radius 3 is 2.38 bits per heavy atom. The largest absolute Gasteiger partial charge is 0.155 e. The van der Waals surface area contributed by atoms with Crippen LogP contribution in [0, 0.1) is 0 Å². The van der Waals surface area contributed by atoms with Crippen LogP contribution in [0.25, 0.3) is 0 Å². The molecule has 0 aromatic heterocycles. The van der Waals surface area contributed by atoms with Gasteiger partial charge in [0, 0.05) is 13.0 Å². The van der Waals surface area contributed by atoms with Gasteiger partial charge >= 0.3 is 0 Å². The van der Waals surface area contributed by atoms with Crippen molar-refractivity contribution in [3.05, 3.63) is 0 Å². The molecule has 2 heterocycles. The number of fused-ring (bicyclic) bond motifs is 1. The zero-order valence-corrected chi connectivity index (χ0v) is 9.02. The number of hydrogen-bond donors (Lipinski definition) is 2. The third-order valence-corrected chi connectivity index (χ3v) is 22.4. The molecule has 2 aliphatic heterocycles. The maximum atomic E-state index is 4.52. The summed E-state index contributed by atoms with van der Waals surface area (Å²) < 4.78 is 0.424. The van der Waals surface area contributed by atoms with Gasteiger partial charge in [-0.25, -0.2) is 0 Å². The lowest BCUT2D eigenvalue weighted by Gasteiger charge is -2.56. The summed E-state index contributed by atoms with van der Waals surface area (Å²) >= 11 is 8.98. The molecule has 0 nitrogen and oxygen atoms in total. The fourth-order valence-electron chi connectivity index (χ4n) is 0.633. The highest BCUT2D eigenvalue weighted by molar-refractivity contribution is 9.21. The molecule has 0 amide bonds. The Morgan fingerprint density at radius 1 is 1.62 bits per heavy atom. The summed E-state index contributed by atoms with van der Waals surface area (Å²) in [5.41, 5.74) is 0. The summed E-state index contributed by atoms with van der Waals surface area (Å²) in [5.74, 6) is 0. The van der Waals surface area contributed by atoms with E-state index in [1.807, 2.05) is 21.2 Å². The molecule has 0 spiro atoms. The second kappa shape index (κ2) is 2.12. The number of rotatable bonds is 0. The van der Waals surface area contributed by atoms with Crippen LogP contribution in [0.2, 0.25) is 0 Å². The number of thiol groups is 2. The molecule has 46 valence electrons. The highest BCUT2D eigenvalue weighted by atomic mass is 33.4. The van der Waals surface area contributed by atoms with Crippen molar-refractivity contribution >= 4 is 59.7 Å². The summed E-state index contributed by atoms with van der Waals surface area (Å²) in [7, 11) is 3.96. The van der Waals surface area contributed by atoms with Gasteiger partial charge in [0.1, 0.15) is 3.82 Å². The minimum atomic E-state index is 0.145. The lowest BCUT2D eigenvalue weighted by molar-refractivity contribution is 1.33. The molecule has 2 saturated heterocycles. The highest BCUT2D eigenvalue weighted by Gasteiger charge is 2.59. The standard InChI is InChI=1S/C2H4P2S4/c5-2-1-3(6)4(2)8-7-2/h5-6H,1H2. The van der Waals surface area contributed by atoms with Gasteiger partial charge < -0.3 is 0 Å². The van der Waals surface area contributed by atoms with Crippen molar-refractivity contribution in [3.63, 3.8) is 0 Å². The molecule has 3 unspecified atom stereocenters. The van der Waals surface area contributed by atoms with Gasteiger partial charge in [-0.2, -0.15) is 12.6 Å². The van der Waals surface area contributed by atoms with Crippen molar-refractivity contribution in [2.24, 2.45) is 0 Å². The predicted molar refractivity (Wildman–Crippen MR) is 54.6 cm³/mol. The van der Waals surface area contributed by atoms with E-state index in [2.05, 4.69) is 24.9 Å². The zero-order valence-electron chi connectivity index (χ0n) is 3.81. The van der Waals surface area contributed by atoms with Crippen molar-refractivity contribution in [2.75, 3.05) is 6.16 Å². The third kappa shape index (κ3) is 0.805. The second-order valence-electron chi connectivity index (χ2n) is 1.70. The van der Waals surface area contributed by atoms with E-state index in [-0.39, 0.29) is 13.6 Å². The van der Waals surface area contributed by atoms with Gasteiger partial charge in [-0.05, 0) is 6.81 Å². The molecule has 2 aliphatic rings. The van der Waals surface area contributed by atoms with Gasteiger partial charge in [0.2, 0.25) is 0 Å². The van der Waals surface area contributed by atoms with Crippen LogP contribution in [0.15, 0.2) is 0 Å². The van der Waals surface area contributed by atoms with E-state index in [9.17, 15) is 0 Å². The average molecular weight is 218 g/mol. The van der Waals surface area contributed by atoms with Gasteiger partial charge in [0.25, 0.3) is 0 Å². The maximum absolute atomic E-state index is 4.52. The highest BCUT2D eigenvalue weighted by Crippen LogP contribution is 3.06. The fraction of sp³-hybridized carbons (Fsp3) is 1.00. The molecule has 3 atom stereocenters. The molecule has 0 bridgehead atoms. The summed E-state index contributed by atoms with van der Waals surface area (Å²) in [5, 5.41) is 0. The van der Waals surface area contributed by atoms with E-state index in [1.165, 1.54) is 6.16 Å². The Balaban J connectivity index is 2.08. The first-order valence-corrected chi connectivity index (χ1v) is 10.00. The van der Waals surface area contributed by atoms with Gasteiger partial charge in [-0.3, -0.25) is 0 Å². The Hall–Kier alpha value is 2.26. The quantitative estimate of drug-likeness (QED) is 0.362. The second-order valence-corrected chi connectivity index (χ2v) is 16.0. The van der Waals surface area contributed by atoms with Crippen LogP contribution in [-0.2, 0) is 0 Å². The lowest BCUT2D eigenvalue weighted by atomic mass is 10.9. The van der Waals surface area contributed by atoms with E-state index in [0.717, 1.165) is 0 Å². The lowest BCUT2D eigenvalue weighted by Crippen LogP contribution is -2.28. The smallest absolute Gasteiger partial charge is 0.108 e. The molecule has 0 N–H and O–H groups in total. The molecular weight excluding hydrogens is 214 g/mol. The maximum Gasteiger partial charge on any atom is 0.108 e. The van der Waals surface area contributed by atoms with E-state index in [4.69, 9.17) is 0 Å². The van der Waals surface area contributed by atoms with Crippen LogP contribution >= 0.6 is 59.7 Å². The summed E-state index contributed by atoms with van der Waals surface area (Å²) in [6.45, 7) is 0.376. The minimum Gasteiger partial charge on any atom is -0.155 e. The van der Waals surface area contributed by atoms with Crippen molar-refractivity contribution in [2.45, 2.75) is 3.82 Å². The zero-order chi connectivity index (χ0) is 5.78. The van der Waals surface area contributed by atoms with E-state index >= 15 is 0 Å². The first-order chi connectivity index (χ1) is 3.72. The molecule has 0 saturated carbocycles. The SMILES string of the molecule is SP1CC2(S)SSP12. The fourth-order valence-corrected chi connectivity index (χ4v) is 26.0. The predicted octanol–water partition coefficient (Wildman–Crippen LogP) is 3.62. The Bertz CT molecular complexity index is 129. The van der Waals surface area contributed by atoms with Crippen LogP contribution in [0.4, 0.5) is 0 Å². The monoisotopic (exact) mass is 218 g/mol. The molecule has 0 aromatic rings. The Kier molecular flexibility index (Phi) is 1.84. The van der Waals surface area contributed by atoms with Crippen molar-refractivity contribution < 1.29 is 0 Å². The molecule has 6 heteroatoms. The van der Waals surface area contributed by atoms with Gasteiger partial charge in [0.15, 0.2) is 0 Å². The Labute approximate surface area is 69.4 Å². The van der Waals surface area contributed by atoms with Crippen LogP contribution in [-0.4, -0.2) is 9.98 Å². The van der Waals surface area contributed by atoms with Crippen LogP contribution in [0.3, 0.4) is 0 Å². The molecular formula is C2H4P2S4.